The third kappa shape index (κ3) is 5.64. The lowest BCUT2D eigenvalue weighted by Gasteiger charge is -2.30. The number of likely N-dealkylation sites (tertiary alicyclic amines) is 1. The molecule has 0 radical (unpaired) electrons. The number of piperidine rings is 1. The first kappa shape index (κ1) is 20.6. The van der Waals surface area contributed by atoms with Crippen molar-refractivity contribution in [3.63, 3.8) is 0 Å². The van der Waals surface area contributed by atoms with Crippen molar-refractivity contribution in [2.75, 3.05) is 41.0 Å². The molecular weight excluding hydrogens is 350 g/mol. The van der Waals surface area contributed by atoms with E-state index in [2.05, 4.69) is 6.92 Å². The van der Waals surface area contributed by atoms with Crippen LogP contribution in [-0.2, 0) is 14.3 Å². The molecule has 1 amide bonds. The van der Waals surface area contributed by atoms with Crippen LogP contribution in [0.5, 0.6) is 17.2 Å². The van der Waals surface area contributed by atoms with Crippen molar-refractivity contribution in [3.05, 3.63) is 23.8 Å². The maximum atomic E-state index is 12.2. The highest BCUT2D eigenvalue weighted by Crippen LogP contribution is 2.35. The minimum atomic E-state index is -0.592. The van der Waals surface area contributed by atoms with Gasteiger partial charge in [0, 0.05) is 30.8 Å². The lowest BCUT2D eigenvalue weighted by molar-refractivity contribution is -0.149. The van der Waals surface area contributed by atoms with E-state index in [9.17, 15) is 9.59 Å². The summed E-state index contributed by atoms with van der Waals surface area (Å²) in [5.74, 6) is 1.29. The minimum absolute atomic E-state index is 0.160. The number of hydrogen-bond donors (Lipinski definition) is 0. The van der Waals surface area contributed by atoms with Crippen LogP contribution < -0.4 is 14.2 Å². The van der Waals surface area contributed by atoms with E-state index in [1.807, 2.05) is 0 Å². The van der Waals surface area contributed by atoms with Gasteiger partial charge >= 0.3 is 5.97 Å². The fraction of sp³-hybridized carbons (Fsp3) is 0.500. The maximum Gasteiger partial charge on any atom is 0.331 e. The normalized spacial score (nSPS) is 16.9. The van der Waals surface area contributed by atoms with E-state index in [-0.39, 0.29) is 12.5 Å². The van der Waals surface area contributed by atoms with Crippen LogP contribution in [0.3, 0.4) is 0 Å². The summed E-state index contributed by atoms with van der Waals surface area (Å²) in [7, 11) is 4.58. The Hall–Kier alpha value is -2.70. The fourth-order valence-corrected chi connectivity index (χ4v) is 3.03. The summed E-state index contributed by atoms with van der Waals surface area (Å²) >= 11 is 0. The number of nitrogens with zero attached hydrogens (tertiary/aromatic N) is 1. The van der Waals surface area contributed by atoms with E-state index in [1.54, 1.807) is 23.1 Å². The van der Waals surface area contributed by atoms with Crippen molar-refractivity contribution in [1.29, 1.82) is 0 Å². The predicted octanol–water partition coefficient (Wildman–Crippen LogP) is 2.53. The van der Waals surface area contributed by atoms with Crippen molar-refractivity contribution in [3.8, 4) is 17.2 Å². The van der Waals surface area contributed by atoms with Crippen LogP contribution in [0.25, 0.3) is 6.08 Å². The average molecular weight is 377 g/mol. The van der Waals surface area contributed by atoms with Gasteiger partial charge in [0.05, 0.1) is 21.3 Å². The molecule has 2 rings (SSSR count). The molecular formula is C20H27NO6. The molecule has 1 heterocycles. The highest BCUT2D eigenvalue weighted by Gasteiger charge is 2.21. The van der Waals surface area contributed by atoms with Crippen LogP contribution >= 0.6 is 0 Å². The first-order valence-electron chi connectivity index (χ1n) is 8.91. The molecule has 1 aliphatic heterocycles. The Morgan fingerprint density at radius 1 is 1.11 bits per heavy atom. The molecule has 0 bridgehead atoms. The molecule has 1 fully saturated rings. The van der Waals surface area contributed by atoms with Crippen molar-refractivity contribution in [2.45, 2.75) is 19.8 Å². The van der Waals surface area contributed by atoms with Crippen molar-refractivity contribution in [1.82, 2.24) is 4.90 Å². The van der Waals surface area contributed by atoms with Crippen LogP contribution in [0.2, 0.25) is 0 Å². The Morgan fingerprint density at radius 3 is 2.41 bits per heavy atom. The summed E-state index contributed by atoms with van der Waals surface area (Å²) in [5, 5.41) is 0. The number of amides is 1. The number of hydrogen-bond acceptors (Lipinski definition) is 6. The molecule has 0 aliphatic carbocycles. The second kappa shape index (κ2) is 9.85. The zero-order valence-electron chi connectivity index (χ0n) is 16.3. The smallest absolute Gasteiger partial charge is 0.331 e. The number of esters is 1. The van der Waals surface area contributed by atoms with E-state index in [0.29, 0.717) is 28.7 Å². The molecule has 1 atom stereocenters. The zero-order chi connectivity index (χ0) is 19.8. The number of benzene rings is 1. The molecule has 7 heteroatoms. The van der Waals surface area contributed by atoms with Crippen molar-refractivity contribution in [2.24, 2.45) is 5.92 Å². The molecule has 0 N–H and O–H groups in total. The van der Waals surface area contributed by atoms with Gasteiger partial charge in [-0.05, 0) is 30.9 Å². The molecule has 0 spiro atoms. The topological polar surface area (TPSA) is 74.3 Å². The SMILES string of the molecule is COc1cc(OC)c(OC)cc1/C=C/C(=O)OCC(=O)N1CCC[C@@H](C)C1. The summed E-state index contributed by atoms with van der Waals surface area (Å²) in [6.07, 6.45) is 4.92. The van der Waals surface area contributed by atoms with Gasteiger partial charge in [-0.25, -0.2) is 4.79 Å². The Balaban J connectivity index is 1.96. The third-order valence-electron chi connectivity index (χ3n) is 4.48. The van der Waals surface area contributed by atoms with E-state index in [4.69, 9.17) is 18.9 Å². The third-order valence-corrected chi connectivity index (χ3v) is 4.48. The molecule has 1 aromatic carbocycles. The molecule has 7 nitrogen and oxygen atoms in total. The molecule has 27 heavy (non-hydrogen) atoms. The second-order valence-corrected chi connectivity index (χ2v) is 6.48. The van der Waals surface area contributed by atoms with Gasteiger partial charge in [-0.2, -0.15) is 0 Å². The Bertz CT molecular complexity index is 700. The van der Waals surface area contributed by atoms with Gasteiger partial charge in [0.2, 0.25) is 0 Å². The molecule has 0 unspecified atom stereocenters. The Kier molecular flexibility index (Phi) is 7.52. The van der Waals surface area contributed by atoms with E-state index >= 15 is 0 Å². The number of methoxy groups -OCH3 is 3. The summed E-state index contributed by atoms with van der Waals surface area (Å²) in [6.45, 7) is 3.30. The lowest BCUT2D eigenvalue weighted by atomic mass is 10.0. The van der Waals surface area contributed by atoms with Crippen LogP contribution in [0.4, 0.5) is 0 Å². The molecule has 1 aliphatic rings. The number of rotatable bonds is 7. The molecule has 1 aromatic rings. The maximum absolute atomic E-state index is 12.2. The summed E-state index contributed by atoms with van der Waals surface area (Å²) < 4.78 is 20.9. The summed E-state index contributed by atoms with van der Waals surface area (Å²) in [6, 6.07) is 3.37. The monoisotopic (exact) mass is 377 g/mol. The molecule has 0 saturated carbocycles. The first-order valence-corrected chi connectivity index (χ1v) is 8.91. The van der Waals surface area contributed by atoms with E-state index in [1.165, 1.54) is 27.4 Å². The zero-order valence-corrected chi connectivity index (χ0v) is 16.3. The van der Waals surface area contributed by atoms with Crippen LogP contribution in [0.1, 0.15) is 25.3 Å². The van der Waals surface area contributed by atoms with Gasteiger partial charge in [-0.3, -0.25) is 4.79 Å². The summed E-state index contributed by atoms with van der Waals surface area (Å²) in [4.78, 5) is 25.9. The lowest BCUT2D eigenvalue weighted by Crippen LogP contribution is -2.41. The second-order valence-electron chi connectivity index (χ2n) is 6.48. The van der Waals surface area contributed by atoms with Gasteiger partial charge in [0.15, 0.2) is 18.1 Å². The molecule has 0 aromatic heterocycles. The van der Waals surface area contributed by atoms with Crippen LogP contribution in [0.15, 0.2) is 18.2 Å². The summed E-state index contributed by atoms with van der Waals surface area (Å²) in [5.41, 5.74) is 0.628. The molecule has 148 valence electrons. The van der Waals surface area contributed by atoms with Gasteiger partial charge < -0.3 is 23.8 Å². The highest BCUT2D eigenvalue weighted by molar-refractivity contribution is 5.90. The molecule has 1 saturated heterocycles. The van der Waals surface area contributed by atoms with Crippen molar-refractivity contribution >= 4 is 18.0 Å². The van der Waals surface area contributed by atoms with Crippen LogP contribution in [0, 0.1) is 5.92 Å². The van der Waals surface area contributed by atoms with Gasteiger partial charge in [-0.15, -0.1) is 0 Å². The van der Waals surface area contributed by atoms with Gasteiger partial charge in [-0.1, -0.05) is 6.92 Å². The highest BCUT2D eigenvalue weighted by atomic mass is 16.5. The largest absolute Gasteiger partial charge is 0.496 e. The van der Waals surface area contributed by atoms with E-state index < -0.39 is 5.97 Å². The Labute approximate surface area is 159 Å². The number of ether oxygens (including phenoxy) is 4. The van der Waals surface area contributed by atoms with E-state index in [0.717, 1.165) is 25.9 Å². The number of carbonyl (C=O) groups is 2. The number of carbonyl (C=O) groups excluding carboxylic acids is 2. The fourth-order valence-electron chi connectivity index (χ4n) is 3.03. The average Bonchev–Trinajstić information content (AvgIpc) is 2.69. The van der Waals surface area contributed by atoms with Crippen molar-refractivity contribution < 1.29 is 28.5 Å². The standard InChI is InChI=1S/C20H27NO6/c1-14-6-5-9-21(12-14)19(22)13-27-20(23)8-7-15-10-17(25-3)18(26-4)11-16(15)24-2/h7-8,10-11,14H,5-6,9,12-13H2,1-4H3/b8-7+/t14-/m1/s1. The van der Waals surface area contributed by atoms with Gasteiger partial charge in [0.25, 0.3) is 5.91 Å². The van der Waals surface area contributed by atoms with Gasteiger partial charge in [0.1, 0.15) is 5.75 Å². The van der Waals surface area contributed by atoms with Crippen LogP contribution in [-0.4, -0.2) is 57.8 Å². The first-order chi connectivity index (χ1) is 13.0. The quantitative estimate of drug-likeness (QED) is 0.537. The Morgan fingerprint density at radius 2 is 1.78 bits per heavy atom. The minimum Gasteiger partial charge on any atom is -0.496 e. The predicted molar refractivity (Wildman–Crippen MR) is 101 cm³/mol.